The molecule has 0 aromatic heterocycles. The van der Waals surface area contributed by atoms with Gasteiger partial charge < -0.3 is 10.2 Å². The summed E-state index contributed by atoms with van der Waals surface area (Å²) in [4.78, 5) is 2.70. The predicted octanol–water partition coefficient (Wildman–Crippen LogP) is 3.75. The van der Waals surface area contributed by atoms with Crippen LogP contribution < -0.4 is 10.2 Å². The van der Waals surface area contributed by atoms with E-state index in [9.17, 15) is 0 Å². The van der Waals surface area contributed by atoms with Crippen molar-refractivity contribution >= 4 is 5.69 Å². The highest BCUT2D eigenvalue weighted by molar-refractivity contribution is 5.55. The molecule has 1 saturated carbocycles. The van der Waals surface area contributed by atoms with Crippen LogP contribution >= 0.6 is 0 Å². The minimum Gasteiger partial charge on any atom is -0.367 e. The molecule has 0 spiro atoms. The van der Waals surface area contributed by atoms with Gasteiger partial charge in [-0.15, -0.1) is 0 Å². The van der Waals surface area contributed by atoms with Gasteiger partial charge in [-0.2, -0.15) is 0 Å². The standard InChI is InChI=1S/C18H28N2/c1-2-7-17(14-19-16-11-12-16)20-13-6-5-9-15-8-3-4-10-18(15)20/h3-4,8,10,16-17,19H,2,5-7,9,11-14H2,1H3. The van der Waals surface area contributed by atoms with Crippen LogP contribution in [0, 0.1) is 0 Å². The molecule has 1 aliphatic carbocycles. The van der Waals surface area contributed by atoms with Crippen LogP contribution in [0.4, 0.5) is 5.69 Å². The van der Waals surface area contributed by atoms with Crippen molar-refractivity contribution in [2.75, 3.05) is 18.0 Å². The fraction of sp³-hybridized carbons (Fsp3) is 0.667. The summed E-state index contributed by atoms with van der Waals surface area (Å²) in [7, 11) is 0. The van der Waals surface area contributed by atoms with Crippen LogP contribution in [0.3, 0.4) is 0 Å². The SMILES string of the molecule is CCCC(CNC1CC1)N1CCCCc2ccccc21. The highest BCUT2D eigenvalue weighted by Gasteiger charge is 2.26. The molecule has 0 radical (unpaired) electrons. The second kappa shape index (κ2) is 6.62. The Hall–Kier alpha value is -1.02. The summed E-state index contributed by atoms with van der Waals surface area (Å²) in [5, 5.41) is 3.75. The third-order valence-electron chi connectivity index (χ3n) is 4.68. The Labute approximate surface area is 123 Å². The molecule has 1 fully saturated rings. The zero-order chi connectivity index (χ0) is 13.8. The number of nitrogens with one attached hydrogen (secondary N) is 1. The maximum atomic E-state index is 3.75. The van der Waals surface area contributed by atoms with Crippen molar-refractivity contribution in [3.63, 3.8) is 0 Å². The van der Waals surface area contributed by atoms with E-state index in [2.05, 4.69) is 41.4 Å². The average molecular weight is 272 g/mol. The van der Waals surface area contributed by atoms with Crippen molar-refractivity contribution in [2.45, 2.75) is 64.0 Å². The third-order valence-corrected chi connectivity index (χ3v) is 4.68. The molecule has 1 N–H and O–H groups in total. The molecule has 1 aliphatic heterocycles. The van der Waals surface area contributed by atoms with E-state index in [1.165, 1.54) is 57.2 Å². The van der Waals surface area contributed by atoms with Gasteiger partial charge in [-0.3, -0.25) is 0 Å². The first-order chi connectivity index (χ1) is 9.88. The van der Waals surface area contributed by atoms with Gasteiger partial charge in [-0.1, -0.05) is 31.5 Å². The number of nitrogens with zero attached hydrogens (tertiary/aromatic N) is 1. The van der Waals surface area contributed by atoms with Crippen LogP contribution in [-0.2, 0) is 6.42 Å². The maximum Gasteiger partial charge on any atom is 0.0414 e. The molecule has 1 heterocycles. The van der Waals surface area contributed by atoms with Gasteiger partial charge in [-0.25, -0.2) is 0 Å². The molecule has 2 aliphatic rings. The normalized spacial score (nSPS) is 20.4. The topological polar surface area (TPSA) is 15.3 Å². The van der Waals surface area contributed by atoms with Crippen molar-refractivity contribution < 1.29 is 0 Å². The van der Waals surface area contributed by atoms with E-state index < -0.39 is 0 Å². The van der Waals surface area contributed by atoms with Gasteiger partial charge in [0.2, 0.25) is 0 Å². The number of rotatable bonds is 6. The Bertz CT molecular complexity index is 425. The van der Waals surface area contributed by atoms with E-state index >= 15 is 0 Å². The van der Waals surface area contributed by atoms with Gasteiger partial charge in [0, 0.05) is 30.9 Å². The fourth-order valence-corrected chi connectivity index (χ4v) is 3.39. The minimum atomic E-state index is 0.667. The van der Waals surface area contributed by atoms with Crippen LogP contribution in [0.2, 0.25) is 0 Å². The van der Waals surface area contributed by atoms with Crippen LogP contribution in [0.5, 0.6) is 0 Å². The molecule has 2 nitrogen and oxygen atoms in total. The summed E-state index contributed by atoms with van der Waals surface area (Å²) in [5.74, 6) is 0. The predicted molar refractivity (Wildman–Crippen MR) is 86.4 cm³/mol. The summed E-state index contributed by atoms with van der Waals surface area (Å²) in [6.45, 7) is 4.70. The van der Waals surface area contributed by atoms with Crippen molar-refractivity contribution in [2.24, 2.45) is 0 Å². The lowest BCUT2D eigenvalue weighted by molar-refractivity contribution is 0.493. The van der Waals surface area contributed by atoms with Crippen molar-refractivity contribution in [1.29, 1.82) is 0 Å². The molecule has 2 heteroatoms. The van der Waals surface area contributed by atoms with Gasteiger partial charge in [0.15, 0.2) is 0 Å². The van der Waals surface area contributed by atoms with E-state index in [-0.39, 0.29) is 0 Å². The molecule has 0 amide bonds. The number of aryl methyl sites for hydroxylation is 1. The molecule has 20 heavy (non-hydrogen) atoms. The summed E-state index contributed by atoms with van der Waals surface area (Å²) in [5.41, 5.74) is 3.05. The number of fused-ring (bicyclic) bond motifs is 1. The van der Waals surface area contributed by atoms with E-state index in [4.69, 9.17) is 0 Å². The second-order valence-corrected chi connectivity index (χ2v) is 6.40. The van der Waals surface area contributed by atoms with Gasteiger partial charge in [0.05, 0.1) is 0 Å². The molecule has 110 valence electrons. The van der Waals surface area contributed by atoms with Crippen LogP contribution in [0.25, 0.3) is 0 Å². The summed E-state index contributed by atoms with van der Waals surface area (Å²) < 4.78 is 0. The molecule has 3 rings (SSSR count). The highest BCUT2D eigenvalue weighted by Crippen LogP contribution is 2.29. The van der Waals surface area contributed by atoms with Gasteiger partial charge in [0.1, 0.15) is 0 Å². The van der Waals surface area contributed by atoms with Gasteiger partial charge in [0.25, 0.3) is 0 Å². The minimum absolute atomic E-state index is 0.667. The Morgan fingerprint density at radius 1 is 1.25 bits per heavy atom. The lowest BCUT2D eigenvalue weighted by atomic mass is 10.1. The molecule has 1 atom stereocenters. The zero-order valence-corrected chi connectivity index (χ0v) is 12.8. The summed E-state index contributed by atoms with van der Waals surface area (Å²) in [6.07, 6.45) is 9.26. The van der Waals surface area contributed by atoms with Crippen LogP contribution in [0.15, 0.2) is 24.3 Å². The zero-order valence-electron chi connectivity index (χ0n) is 12.8. The van der Waals surface area contributed by atoms with Crippen molar-refractivity contribution in [3.05, 3.63) is 29.8 Å². The highest BCUT2D eigenvalue weighted by atomic mass is 15.2. The maximum absolute atomic E-state index is 3.75. The summed E-state index contributed by atoms with van der Waals surface area (Å²) in [6, 6.07) is 10.5. The molecule has 1 aromatic rings. The fourth-order valence-electron chi connectivity index (χ4n) is 3.39. The lowest BCUT2D eigenvalue weighted by Crippen LogP contribution is -2.43. The molecular formula is C18H28N2. The number of hydrogen-bond acceptors (Lipinski definition) is 2. The lowest BCUT2D eigenvalue weighted by Gasteiger charge is -2.34. The third kappa shape index (κ3) is 3.35. The molecule has 0 bridgehead atoms. The number of anilines is 1. The van der Waals surface area contributed by atoms with E-state index in [1.54, 1.807) is 5.56 Å². The van der Waals surface area contributed by atoms with E-state index in [0.29, 0.717) is 6.04 Å². The Morgan fingerprint density at radius 3 is 2.90 bits per heavy atom. The van der Waals surface area contributed by atoms with Crippen molar-refractivity contribution in [1.82, 2.24) is 5.32 Å². The number of para-hydroxylation sites is 1. The first-order valence-electron chi connectivity index (χ1n) is 8.46. The molecule has 0 saturated heterocycles. The molecule has 1 unspecified atom stereocenters. The largest absolute Gasteiger partial charge is 0.367 e. The second-order valence-electron chi connectivity index (χ2n) is 6.40. The Balaban J connectivity index is 1.76. The van der Waals surface area contributed by atoms with Gasteiger partial charge >= 0.3 is 0 Å². The Kier molecular flexibility index (Phi) is 4.62. The first-order valence-corrected chi connectivity index (χ1v) is 8.46. The number of benzene rings is 1. The van der Waals surface area contributed by atoms with E-state index in [0.717, 1.165) is 12.6 Å². The molecular weight excluding hydrogens is 244 g/mol. The van der Waals surface area contributed by atoms with E-state index in [1.807, 2.05) is 0 Å². The van der Waals surface area contributed by atoms with Crippen molar-refractivity contribution in [3.8, 4) is 0 Å². The average Bonchev–Trinajstić information content (AvgIpc) is 3.30. The monoisotopic (exact) mass is 272 g/mol. The first kappa shape index (κ1) is 13.9. The van der Waals surface area contributed by atoms with Crippen LogP contribution in [0.1, 0.15) is 51.0 Å². The Morgan fingerprint density at radius 2 is 2.10 bits per heavy atom. The van der Waals surface area contributed by atoms with Crippen LogP contribution in [-0.4, -0.2) is 25.2 Å². The molecule has 1 aromatic carbocycles. The smallest absolute Gasteiger partial charge is 0.0414 e. The van der Waals surface area contributed by atoms with Gasteiger partial charge in [-0.05, 0) is 50.2 Å². The number of hydrogen-bond donors (Lipinski definition) is 1. The summed E-state index contributed by atoms with van der Waals surface area (Å²) >= 11 is 0. The quantitative estimate of drug-likeness (QED) is 0.848.